The van der Waals surface area contributed by atoms with Crippen LogP contribution < -0.4 is 4.74 Å². The topological polar surface area (TPSA) is 85.8 Å². The van der Waals surface area contributed by atoms with Crippen molar-refractivity contribution in [3.8, 4) is 5.75 Å². The van der Waals surface area contributed by atoms with Crippen LogP contribution in [-0.4, -0.2) is 44.3 Å². The van der Waals surface area contributed by atoms with Gasteiger partial charge in [0.25, 0.3) is 5.91 Å². The standard InChI is InChI=1S/C20H21N5O3S/c1-3-24-13-21-22-20(24)29-12-19(26)25-17(18-5-4-10-28-18)11-16(23-25)14-6-8-15(27-2)9-7-14/h4-10,13,17H,3,11-12H2,1-2H3/t17-/m1/s1. The smallest absolute Gasteiger partial charge is 0.253 e. The van der Waals surface area contributed by atoms with E-state index in [9.17, 15) is 4.79 Å². The van der Waals surface area contributed by atoms with Crippen LogP contribution in [0.25, 0.3) is 0 Å². The molecule has 0 spiro atoms. The minimum Gasteiger partial charge on any atom is -0.497 e. The van der Waals surface area contributed by atoms with Crippen LogP contribution in [0.1, 0.15) is 30.7 Å². The van der Waals surface area contributed by atoms with Crippen LogP contribution in [0.4, 0.5) is 0 Å². The number of thioether (sulfide) groups is 1. The van der Waals surface area contributed by atoms with Gasteiger partial charge in [-0.2, -0.15) is 5.10 Å². The number of aromatic nitrogens is 3. The highest BCUT2D eigenvalue weighted by Gasteiger charge is 2.34. The van der Waals surface area contributed by atoms with E-state index in [1.165, 1.54) is 16.8 Å². The number of hydrogen-bond acceptors (Lipinski definition) is 7. The first-order valence-electron chi connectivity index (χ1n) is 9.27. The third-order valence-corrected chi connectivity index (χ3v) is 5.67. The summed E-state index contributed by atoms with van der Waals surface area (Å²) < 4.78 is 12.7. The van der Waals surface area contributed by atoms with Gasteiger partial charge < -0.3 is 13.7 Å². The Morgan fingerprint density at radius 1 is 1.31 bits per heavy atom. The number of carbonyl (C=O) groups excluding carboxylic acids is 1. The van der Waals surface area contributed by atoms with E-state index in [1.807, 2.05) is 47.9 Å². The van der Waals surface area contributed by atoms with Gasteiger partial charge in [0, 0.05) is 13.0 Å². The summed E-state index contributed by atoms with van der Waals surface area (Å²) in [5, 5.41) is 14.9. The summed E-state index contributed by atoms with van der Waals surface area (Å²) in [6, 6.07) is 11.1. The number of furan rings is 1. The molecule has 0 bridgehead atoms. The summed E-state index contributed by atoms with van der Waals surface area (Å²) in [4.78, 5) is 13.0. The zero-order chi connectivity index (χ0) is 20.2. The highest BCUT2D eigenvalue weighted by atomic mass is 32.2. The van der Waals surface area contributed by atoms with Gasteiger partial charge in [0.05, 0.1) is 24.8 Å². The number of hydrogen-bond donors (Lipinski definition) is 0. The van der Waals surface area contributed by atoms with E-state index in [0.717, 1.165) is 23.6 Å². The Morgan fingerprint density at radius 3 is 2.83 bits per heavy atom. The minimum atomic E-state index is -0.265. The van der Waals surface area contributed by atoms with Crippen molar-refractivity contribution in [2.45, 2.75) is 31.1 Å². The molecule has 1 atom stereocenters. The molecule has 4 rings (SSSR count). The lowest BCUT2D eigenvalue weighted by molar-refractivity contribution is -0.130. The molecule has 0 aliphatic carbocycles. The summed E-state index contributed by atoms with van der Waals surface area (Å²) in [5.41, 5.74) is 1.79. The molecule has 0 radical (unpaired) electrons. The SMILES string of the molecule is CCn1cnnc1SCC(=O)N1N=C(c2ccc(OC)cc2)C[C@@H]1c1ccco1. The molecular weight excluding hydrogens is 390 g/mol. The Kier molecular flexibility index (Phi) is 5.66. The predicted molar refractivity (Wildman–Crippen MR) is 109 cm³/mol. The highest BCUT2D eigenvalue weighted by Crippen LogP contribution is 2.34. The first-order valence-corrected chi connectivity index (χ1v) is 10.3. The van der Waals surface area contributed by atoms with Crippen LogP contribution >= 0.6 is 11.8 Å². The van der Waals surface area contributed by atoms with Crippen molar-refractivity contribution >= 4 is 23.4 Å². The number of aryl methyl sites for hydroxylation is 1. The third kappa shape index (κ3) is 4.04. The quantitative estimate of drug-likeness (QED) is 0.554. The molecule has 0 fully saturated rings. The van der Waals surface area contributed by atoms with Crippen molar-refractivity contribution in [1.29, 1.82) is 0 Å². The van der Waals surface area contributed by atoms with Crippen molar-refractivity contribution in [3.05, 3.63) is 60.3 Å². The number of methoxy groups -OCH3 is 1. The molecule has 1 aromatic carbocycles. The molecule has 3 aromatic rings. The summed E-state index contributed by atoms with van der Waals surface area (Å²) in [5.74, 6) is 1.60. The van der Waals surface area contributed by atoms with Crippen molar-refractivity contribution in [1.82, 2.24) is 19.8 Å². The monoisotopic (exact) mass is 411 g/mol. The van der Waals surface area contributed by atoms with Gasteiger partial charge in [-0.3, -0.25) is 4.79 Å². The number of hydrazone groups is 1. The molecule has 0 N–H and O–H groups in total. The average molecular weight is 411 g/mol. The molecule has 9 heteroatoms. The fourth-order valence-electron chi connectivity index (χ4n) is 3.17. The number of ether oxygens (including phenoxy) is 1. The van der Waals surface area contributed by atoms with Gasteiger partial charge in [0.15, 0.2) is 5.16 Å². The van der Waals surface area contributed by atoms with Gasteiger partial charge in [-0.25, -0.2) is 5.01 Å². The van der Waals surface area contributed by atoms with Crippen molar-refractivity contribution < 1.29 is 13.9 Å². The molecule has 3 heterocycles. The molecular formula is C20H21N5O3S. The van der Waals surface area contributed by atoms with Crippen LogP contribution in [-0.2, 0) is 11.3 Å². The third-order valence-electron chi connectivity index (χ3n) is 4.71. The van der Waals surface area contributed by atoms with Gasteiger partial charge >= 0.3 is 0 Å². The van der Waals surface area contributed by atoms with Crippen LogP contribution in [0.2, 0.25) is 0 Å². The molecule has 150 valence electrons. The summed E-state index contributed by atoms with van der Waals surface area (Å²) in [6.07, 6.45) is 3.86. The summed E-state index contributed by atoms with van der Waals surface area (Å²) in [7, 11) is 1.63. The van der Waals surface area contributed by atoms with E-state index < -0.39 is 0 Å². The van der Waals surface area contributed by atoms with Gasteiger partial charge in [-0.1, -0.05) is 11.8 Å². The van der Waals surface area contributed by atoms with Gasteiger partial charge in [-0.15, -0.1) is 10.2 Å². The molecule has 0 saturated carbocycles. The maximum absolute atomic E-state index is 13.0. The number of carbonyl (C=O) groups is 1. The van der Waals surface area contributed by atoms with Crippen LogP contribution in [0.5, 0.6) is 5.75 Å². The van der Waals surface area contributed by atoms with Crippen LogP contribution in [0.3, 0.4) is 0 Å². The fourth-order valence-corrected chi connectivity index (χ4v) is 4.00. The van der Waals surface area contributed by atoms with Crippen molar-refractivity contribution in [2.24, 2.45) is 5.10 Å². The lowest BCUT2D eigenvalue weighted by Crippen LogP contribution is -2.28. The second kappa shape index (κ2) is 8.52. The lowest BCUT2D eigenvalue weighted by Gasteiger charge is -2.19. The van der Waals surface area contributed by atoms with Gasteiger partial charge in [0.2, 0.25) is 0 Å². The maximum Gasteiger partial charge on any atom is 0.253 e. The Balaban J connectivity index is 1.55. The van der Waals surface area contributed by atoms with Crippen LogP contribution in [0, 0.1) is 0 Å². The first kappa shape index (κ1) is 19.3. The van der Waals surface area contributed by atoms with E-state index in [-0.39, 0.29) is 17.7 Å². The summed E-state index contributed by atoms with van der Waals surface area (Å²) >= 11 is 1.36. The fraction of sp³-hybridized carbons (Fsp3) is 0.300. The Bertz CT molecular complexity index is 998. The van der Waals surface area contributed by atoms with E-state index in [1.54, 1.807) is 19.7 Å². The molecule has 1 aliphatic rings. The number of benzene rings is 1. The summed E-state index contributed by atoms with van der Waals surface area (Å²) in [6.45, 7) is 2.76. The number of rotatable bonds is 7. The van der Waals surface area contributed by atoms with Gasteiger partial charge in [0.1, 0.15) is 23.9 Å². The first-order chi connectivity index (χ1) is 14.2. The second-order valence-corrected chi connectivity index (χ2v) is 7.38. The van der Waals surface area contributed by atoms with Crippen molar-refractivity contribution in [2.75, 3.05) is 12.9 Å². The molecule has 29 heavy (non-hydrogen) atoms. The second-order valence-electron chi connectivity index (χ2n) is 6.44. The van der Waals surface area contributed by atoms with Crippen LogP contribution in [0.15, 0.2) is 63.7 Å². The van der Waals surface area contributed by atoms with E-state index in [4.69, 9.17) is 9.15 Å². The molecule has 2 aromatic heterocycles. The van der Waals surface area contributed by atoms with E-state index in [0.29, 0.717) is 17.3 Å². The molecule has 1 amide bonds. The Morgan fingerprint density at radius 2 is 2.14 bits per heavy atom. The number of nitrogens with zero attached hydrogens (tertiary/aromatic N) is 5. The largest absolute Gasteiger partial charge is 0.497 e. The maximum atomic E-state index is 13.0. The number of amides is 1. The minimum absolute atomic E-state index is 0.106. The molecule has 0 unspecified atom stereocenters. The Hall–Kier alpha value is -3.07. The molecule has 0 saturated heterocycles. The normalized spacial score (nSPS) is 16.1. The lowest BCUT2D eigenvalue weighted by atomic mass is 10.0. The predicted octanol–water partition coefficient (Wildman–Crippen LogP) is 3.37. The highest BCUT2D eigenvalue weighted by molar-refractivity contribution is 7.99. The molecule has 8 nitrogen and oxygen atoms in total. The van der Waals surface area contributed by atoms with Crippen molar-refractivity contribution in [3.63, 3.8) is 0 Å². The molecule has 1 aliphatic heterocycles. The van der Waals surface area contributed by atoms with E-state index >= 15 is 0 Å². The zero-order valence-electron chi connectivity index (χ0n) is 16.2. The van der Waals surface area contributed by atoms with E-state index in [2.05, 4.69) is 15.3 Å². The van der Waals surface area contributed by atoms with Gasteiger partial charge in [-0.05, 0) is 48.9 Å². The average Bonchev–Trinajstić information content (AvgIpc) is 3.51. The zero-order valence-corrected chi connectivity index (χ0v) is 17.0. The Labute approximate surface area is 172 Å².